The summed E-state index contributed by atoms with van der Waals surface area (Å²) in [5, 5.41) is 8.67. The average Bonchev–Trinajstić information content (AvgIpc) is 2.83. The Labute approximate surface area is 131 Å². The van der Waals surface area contributed by atoms with Crippen LogP contribution in [-0.4, -0.2) is 19.7 Å². The summed E-state index contributed by atoms with van der Waals surface area (Å²) >= 11 is 11.6. The molecule has 21 heavy (non-hydrogen) atoms. The lowest BCUT2D eigenvalue weighted by molar-refractivity contribution is 0.778. The Balaban J connectivity index is 1.87. The zero-order valence-corrected chi connectivity index (χ0v) is 12.6. The van der Waals surface area contributed by atoms with Crippen molar-refractivity contribution in [2.45, 2.75) is 0 Å². The molecular formula is C14H11Cl2N5. The van der Waals surface area contributed by atoms with Crippen LogP contribution in [0.2, 0.25) is 10.2 Å². The molecule has 7 heteroatoms. The lowest BCUT2D eigenvalue weighted by atomic mass is 10.3. The van der Waals surface area contributed by atoms with Crippen molar-refractivity contribution in [3.05, 3.63) is 52.8 Å². The highest BCUT2D eigenvalue weighted by molar-refractivity contribution is 6.30. The lowest BCUT2D eigenvalue weighted by Crippen LogP contribution is -1.99. The van der Waals surface area contributed by atoms with Gasteiger partial charge in [0.1, 0.15) is 5.15 Å². The van der Waals surface area contributed by atoms with E-state index >= 15 is 0 Å². The lowest BCUT2D eigenvalue weighted by Gasteiger charge is -2.04. The van der Waals surface area contributed by atoms with Gasteiger partial charge in [-0.25, -0.2) is 9.67 Å². The predicted octanol–water partition coefficient (Wildman–Crippen LogP) is 3.93. The van der Waals surface area contributed by atoms with Crippen LogP contribution in [0.4, 0.5) is 11.6 Å². The maximum absolute atomic E-state index is 5.86. The fourth-order valence-corrected chi connectivity index (χ4v) is 2.02. The number of nitrogens with zero attached hydrogens (tertiary/aromatic N) is 4. The first kappa shape index (κ1) is 13.9. The Morgan fingerprint density at radius 3 is 2.48 bits per heavy atom. The van der Waals surface area contributed by atoms with Gasteiger partial charge in [-0.2, -0.15) is 4.98 Å². The Morgan fingerprint density at radius 1 is 1.05 bits per heavy atom. The van der Waals surface area contributed by atoms with E-state index in [1.54, 1.807) is 16.9 Å². The van der Waals surface area contributed by atoms with E-state index < -0.39 is 0 Å². The van der Waals surface area contributed by atoms with Crippen LogP contribution in [0.3, 0.4) is 0 Å². The second-order valence-electron chi connectivity index (χ2n) is 4.38. The largest absolute Gasteiger partial charge is 0.324 e. The smallest absolute Gasteiger partial charge is 0.225 e. The molecule has 0 aliphatic rings. The zero-order valence-electron chi connectivity index (χ0n) is 11.1. The van der Waals surface area contributed by atoms with Crippen LogP contribution in [0.1, 0.15) is 0 Å². The van der Waals surface area contributed by atoms with Crippen LogP contribution in [0, 0.1) is 0 Å². The number of hydrogen-bond acceptors (Lipinski definition) is 4. The highest BCUT2D eigenvalue weighted by atomic mass is 35.5. The second kappa shape index (κ2) is 5.71. The van der Waals surface area contributed by atoms with Crippen LogP contribution in [0.25, 0.3) is 11.4 Å². The molecule has 0 fully saturated rings. The first-order valence-electron chi connectivity index (χ1n) is 6.17. The topological polar surface area (TPSA) is 55.6 Å². The Bertz CT molecular complexity index is 750. The van der Waals surface area contributed by atoms with Gasteiger partial charge in [-0.1, -0.05) is 23.2 Å². The minimum absolute atomic E-state index is 0.439. The Morgan fingerprint density at radius 2 is 1.81 bits per heavy atom. The number of aryl methyl sites for hydroxylation is 1. The van der Waals surface area contributed by atoms with Gasteiger partial charge in [0, 0.05) is 29.5 Å². The van der Waals surface area contributed by atoms with E-state index in [-0.39, 0.29) is 0 Å². The quantitative estimate of drug-likeness (QED) is 0.743. The summed E-state index contributed by atoms with van der Waals surface area (Å²) < 4.78 is 1.67. The minimum Gasteiger partial charge on any atom is -0.324 e. The van der Waals surface area contributed by atoms with Crippen molar-refractivity contribution < 1.29 is 0 Å². The summed E-state index contributed by atoms with van der Waals surface area (Å²) in [7, 11) is 1.82. The number of benzene rings is 1. The number of hydrogen-bond donors (Lipinski definition) is 1. The number of aromatic nitrogens is 4. The molecule has 0 saturated heterocycles. The van der Waals surface area contributed by atoms with Crippen molar-refractivity contribution in [2.24, 2.45) is 7.05 Å². The molecule has 0 atom stereocenters. The molecule has 1 N–H and O–H groups in total. The minimum atomic E-state index is 0.439. The SMILES string of the molecule is Cn1nc(-c2ccc(Cl)nc2)nc1Nc1ccc(Cl)cc1. The number of nitrogens with one attached hydrogen (secondary N) is 1. The van der Waals surface area contributed by atoms with E-state index in [2.05, 4.69) is 20.4 Å². The van der Waals surface area contributed by atoms with Gasteiger partial charge in [-0.05, 0) is 36.4 Å². The number of pyridine rings is 1. The van der Waals surface area contributed by atoms with Gasteiger partial charge in [0.05, 0.1) is 0 Å². The molecule has 0 radical (unpaired) electrons. The van der Waals surface area contributed by atoms with Gasteiger partial charge in [0.25, 0.3) is 0 Å². The molecule has 0 amide bonds. The molecule has 106 valence electrons. The third-order valence-electron chi connectivity index (χ3n) is 2.85. The second-order valence-corrected chi connectivity index (χ2v) is 5.21. The van der Waals surface area contributed by atoms with Gasteiger partial charge < -0.3 is 5.32 Å². The third kappa shape index (κ3) is 3.15. The zero-order chi connectivity index (χ0) is 14.8. The van der Waals surface area contributed by atoms with Crippen LogP contribution >= 0.6 is 23.2 Å². The van der Waals surface area contributed by atoms with Gasteiger partial charge in [-0.15, -0.1) is 5.10 Å². The van der Waals surface area contributed by atoms with Crippen LogP contribution < -0.4 is 5.32 Å². The normalized spacial score (nSPS) is 10.6. The Kier molecular flexibility index (Phi) is 3.77. The van der Waals surface area contributed by atoms with E-state index in [0.717, 1.165) is 11.3 Å². The molecule has 0 unspecified atom stereocenters. The fourth-order valence-electron chi connectivity index (χ4n) is 1.79. The van der Waals surface area contributed by atoms with Crippen LogP contribution in [0.5, 0.6) is 0 Å². The van der Waals surface area contributed by atoms with Crippen molar-refractivity contribution in [2.75, 3.05) is 5.32 Å². The van der Waals surface area contributed by atoms with Gasteiger partial charge >= 0.3 is 0 Å². The molecule has 3 rings (SSSR count). The predicted molar refractivity (Wildman–Crippen MR) is 84.0 cm³/mol. The summed E-state index contributed by atoms with van der Waals surface area (Å²) in [6.07, 6.45) is 1.64. The van der Waals surface area contributed by atoms with E-state index in [9.17, 15) is 0 Å². The van der Waals surface area contributed by atoms with E-state index in [0.29, 0.717) is 21.9 Å². The molecule has 0 aliphatic heterocycles. The summed E-state index contributed by atoms with van der Waals surface area (Å²) in [6, 6.07) is 10.9. The summed E-state index contributed by atoms with van der Waals surface area (Å²) in [4.78, 5) is 8.48. The van der Waals surface area contributed by atoms with Crippen molar-refractivity contribution in [3.63, 3.8) is 0 Å². The monoisotopic (exact) mass is 319 g/mol. The average molecular weight is 320 g/mol. The molecule has 0 bridgehead atoms. The van der Waals surface area contributed by atoms with Gasteiger partial charge in [0.2, 0.25) is 5.95 Å². The number of rotatable bonds is 3. The maximum atomic E-state index is 5.86. The van der Waals surface area contributed by atoms with E-state index in [1.165, 1.54) is 0 Å². The molecule has 3 aromatic rings. The molecule has 1 aromatic carbocycles. The molecule has 2 aromatic heterocycles. The van der Waals surface area contributed by atoms with E-state index in [1.807, 2.05) is 37.4 Å². The fraction of sp³-hybridized carbons (Fsp3) is 0.0714. The van der Waals surface area contributed by atoms with Gasteiger partial charge in [-0.3, -0.25) is 0 Å². The van der Waals surface area contributed by atoms with Crippen molar-refractivity contribution in [3.8, 4) is 11.4 Å². The van der Waals surface area contributed by atoms with Crippen molar-refractivity contribution >= 4 is 34.8 Å². The summed E-state index contributed by atoms with van der Waals surface area (Å²) in [6.45, 7) is 0. The molecule has 5 nitrogen and oxygen atoms in total. The van der Waals surface area contributed by atoms with E-state index in [4.69, 9.17) is 23.2 Å². The maximum Gasteiger partial charge on any atom is 0.225 e. The standard InChI is InChI=1S/C14H11Cl2N5/c1-21-14(18-11-5-3-10(15)4-6-11)19-13(20-21)9-2-7-12(16)17-8-9/h2-8H,1H3,(H,18,19,20). The number of anilines is 2. The first-order chi connectivity index (χ1) is 10.1. The van der Waals surface area contributed by atoms with Crippen LogP contribution in [0.15, 0.2) is 42.6 Å². The highest BCUT2D eigenvalue weighted by Gasteiger charge is 2.09. The molecule has 0 aliphatic carbocycles. The third-order valence-corrected chi connectivity index (χ3v) is 3.32. The molecular weight excluding hydrogens is 309 g/mol. The number of halogens is 2. The molecule has 0 saturated carbocycles. The van der Waals surface area contributed by atoms with Gasteiger partial charge in [0.15, 0.2) is 5.82 Å². The Hall–Kier alpha value is -2.11. The summed E-state index contributed by atoms with van der Waals surface area (Å²) in [5.74, 6) is 1.21. The van der Waals surface area contributed by atoms with Crippen molar-refractivity contribution in [1.82, 2.24) is 19.7 Å². The summed E-state index contributed by atoms with van der Waals surface area (Å²) in [5.41, 5.74) is 1.69. The first-order valence-corrected chi connectivity index (χ1v) is 6.93. The van der Waals surface area contributed by atoms with Crippen LogP contribution in [-0.2, 0) is 7.05 Å². The highest BCUT2D eigenvalue weighted by Crippen LogP contribution is 2.21. The van der Waals surface area contributed by atoms with Crippen molar-refractivity contribution in [1.29, 1.82) is 0 Å². The molecule has 0 spiro atoms. The molecule has 2 heterocycles.